The molecular formula is C10H10Cl2N2. The van der Waals surface area contributed by atoms with E-state index in [1.807, 2.05) is 12.1 Å². The molecule has 14 heavy (non-hydrogen) atoms. The van der Waals surface area contributed by atoms with Crippen molar-refractivity contribution in [3.8, 4) is 0 Å². The van der Waals surface area contributed by atoms with Gasteiger partial charge in [-0.05, 0) is 31.2 Å². The summed E-state index contributed by atoms with van der Waals surface area (Å²) in [7, 11) is 0. The van der Waals surface area contributed by atoms with Crippen molar-refractivity contribution in [1.29, 1.82) is 0 Å². The lowest BCUT2D eigenvalue weighted by molar-refractivity contribution is 0.940. The summed E-state index contributed by atoms with van der Waals surface area (Å²) in [5, 5.41) is 2.34. The Morgan fingerprint density at radius 2 is 2.00 bits per heavy atom. The van der Waals surface area contributed by atoms with Crippen LogP contribution in [0.4, 0.5) is 0 Å². The van der Waals surface area contributed by atoms with Gasteiger partial charge in [-0.2, -0.15) is 0 Å². The highest BCUT2D eigenvalue weighted by molar-refractivity contribution is 6.38. The van der Waals surface area contributed by atoms with E-state index < -0.39 is 0 Å². The molecule has 0 amide bonds. The number of nitrogens with two attached hydrogens (primary N) is 1. The summed E-state index contributed by atoms with van der Waals surface area (Å²) in [5.74, 6) is 0. The predicted molar refractivity (Wildman–Crippen MR) is 61.1 cm³/mol. The summed E-state index contributed by atoms with van der Waals surface area (Å²) in [5.41, 5.74) is 7.49. The van der Waals surface area contributed by atoms with Gasteiger partial charge >= 0.3 is 0 Å². The molecule has 0 aliphatic carbocycles. The number of hydrogen-bond acceptors (Lipinski definition) is 1. The van der Waals surface area contributed by atoms with Crippen LogP contribution in [0.15, 0.2) is 18.2 Å². The first kappa shape index (κ1) is 9.84. The first-order valence-corrected chi connectivity index (χ1v) is 5.13. The SMILES string of the molecule is NCCc1cc2cc(Cl)cc(Cl)c2[nH]1. The summed E-state index contributed by atoms with van der Waals surface area (Å²) < 4.78 is 0. The van der Waals surface area contributed by atoms with Crippen molar-refractivity contribution < 1.29 is 0 Å². The van der Waals surface area contributed by atoms with Crippen LogP contribution in [0.5, 0.6) is 0 Å². The molecule has 0 aliphatic heterocycles. The van der Waals surface area contributed by atoms with Crippen LogP contribution in [0, 0.1) is 0 Å². The van der Waals surface area contributed by atoms with Gasteiger partial charge in [-0.15, -0.1) is 0 Å². The number of benzene rings is 1. The minimum absolute atomic E-state index is 0.623. The average Bonchev–Trinajstić information content (AvgIpc) is 2.48. The lowest BCUT2D eigenvalue weighted by atomic mass is 10.2. The molecule has 0 bridgehead atoms. The zero-order chi connectivity index (χ0) is 10.1. The van der Waals surface area contributed by atoms with Gasteiger partial charge in [0.15, 0.2) is 0 Å². The van der Waals surface area contributed by atoms with E-state index in [2.05, 4.69) is 4.98 Å². The lowest BCUT2D eigenvalue weighted by Gasteiger charge is -1.94. The average molecular weight is 229 g/mol. The summed E-state index contributed by atoms with van der Waals surface area (Å²) in [6, 6.07) is 5.65. The molecular weight excluding hydrogens is 219 g/mol. The summed E-state index contributed by atoms with van der Waals surface area (Å²) in [6.45, 7) is 0.623. The molecule has 0 radical (unpaired) electrons. The standard InChI is InChI=1S/C10H10Cl2N2/c11-7-3-6-4-8(1-2-13)14-10(6)9(12)5-7/h3-5,14H,1-2,13H2. The Bertz CT molecular complexity index is 462. The maximum absolute atomic E-state index is 6.03. The van der Waals surface area contributed by atoms with E-state index >= 15 is 0 Å². The van der Waals surface area contributed by atoms with Crippen LogP contribution in [0.25, 0.3) is 10.9 Å². The molecule has 4 heteroatoms. The van der Waals surface area contributed by atoms with E-state index in [1.54, 1.807) is 6.07 Å². The van der Waals surface area contributed by atoms with Gasteiger partial charge in [0.25, 0.3) is 0 Å². The van der Waals surface area contributed by atoms with Gasteiger partial charge in [-0.1, -0.05) is 23.2 Å². The van der Waals surface area contributed by atoms with Gasteiger partial charge in [-0.25, -0.2) is 0 Å². The van der Waals surface area contributed by atoms with Crippen molar-refractivity contribution >= 4 is 34.1 Å². The first-order valence-electron chi connectivity index (χ1n) is 4.37. The molecule has 74 valence electrons. The van der Waals surface area contributed by atoms with Crippen LogP contribution < -0.4 is 5.73 Å². The van der Waals surface area contributed by atoms with E-state index in [0.717, 1.165) is 23.0 Å². The Labute approximate surface area is 92.0 Å². The zero-order valence-electron chi connectivity index (χ0n) is 7.48. The molecule has 0 saturated carbocycles. The van der Waals surface area contributed by atoms with Crippen molar-refractivity contribution in [2.75, 3.05) is 6.54 Å². The highest BCUT2D eigenvalue weighted by Crippen LogP contribution is 2.27. The van der Waals surface area contributed by atoms with Crippen LogP contribution in [0.1, 0.15) is 5.69 Å². The predicted octanol–water partition coefficient (Wildman–Crippen LogP) is 2.98. The second-order valence-electron chi connectivity index (χ2n) is 3.19. The van der Waals surface area contributed by atoms with Gasteiger partial charge < -0.3 is 10.7 Å². The third-order valence-corrected chi connectivity index (χ3v) is 2.63. The molecule has 0 saturated heterocycles. The second-order valence-corrected chi connectivity index (χ2v) is 4.03. The fraction of sp³-hybridized carbons (Fsp3) is 0.200. The van der Waals surface area contributed by atoms with E-state index in [4.69, 9.17) is 28.9 Å². The van der Waals surface area contributed by atoms with Crippen LogP contribution >= 0.6 is 23.2 Å². The van der Waals surface area contributed by atoms with Crippen LogP contribution in [-0.2, 0) is 6.42 Å². The minimum Gasteiger partial charge on any atom is -0.357 e. The molecule has 2 nitrogen and oxygen atoms in total. The minimum atomic E-state index is 0.623. The smallest absolute Gasteiger partial charge is 0.0661 e. The van der Waals surface area contributed by atoms with Crippen molar-refractivity contribution in [3.63, 3.8) is 0 Å². The number of halogens is 2. The summed E-state index contributed by atoms with van der Waals surface area (Å²) in [4.78, 5) is 3.22. The summed E-state index contributed by atoms with van der Waals surface area (Å²) in [6.07, 6.45) is 0.822. The third-order valence-electron chi connectivity index (χ3n) is 2.11. The topological polar surface area (TPSA) is 41.8 Å². The number of nitrogens with one attached hydrogen (secondary N) is 1. The molecule has 0 spiro atoms. The highest BCUT2D eigenvalue weighted by atomic mass is 35.5. The van der Waals surface area contributed by atoms with Gasteiger partial charge in [-0.3, -0.25) is 0 Å². The van der Waals surface area contributed by atoms with Crippen molar-refractivity contribution in [2.24, 2.45) is 5.73 Å². The Morgan fingerprint density at radius 3 is 2.71 bits per heavy atom. The number of rotatable bonds is 2. The monoisotopic (exact) mass is 228 g/mol. The molecule has 0 atom stereocenters. The first-order chi connectivity index (χ1) is 6.70. The second kappa shape index (κ2) is 3.81. The fourth-order valence-electron chi connectivity index (χ4n) is 1.51. The number of H-pyrrole nitrogens is 1. The molecule has 1 heterocycles. The third kappa shape index (κ3) is 1.73. The van der Waals surface area contributed by atoms with Crippen LogP contribution in [0.2, 0.25) is 10.0 Å². The Kier molecular flexibility index (Phi) is 2.68. The van der Waals surface area contributed by atoms with Crippen molar-refractivity contribution in [3.05, 3.63) is 33.9 Å². The molecule has 1 aromatic carbocycles. The van der Waals surface area contributed by atoms with Gasteiger partial charge in [0, 0.05) is 16.1 Å². The zero-order valence-corrected chi connectivity index (χ0v) is 8.99. The molecule has 3 N–H and O–H groups in total. The normalized spacial score (nSPS) is 11.1. The maximum Gasteiger partial charge on any atom is 0.0661 e. The molecule has 0 aliphatic rings. The van der Waals surface area contributed by atoms with Gasteiger partial charge in [0.2, 0.25) is 0 Å². The van der Waals surface area contributed by atoms with Crippen molar-refractivity contribution in [1.82, 2.24) is 4.98 Å². The van der Waals surface area contributed by atoms with E-state index in [-0.39, 0.29) is 0 Å². The van der Waals surface area contributed by atoms with E-state index in [0.29, 0.717) is 16.6 Å². The number of aromatic nitrogens is 1. The maximum atomic E-state index is 6.03. The number of fused-ring (bicyclic) bond motifs is 1. The lowest BCUT2D eigenvalue weighted by Crippen LogP contribution is -2.02. The Morgan fingerprint density at radius 1 is 1.21 bits per heavy atom. The van der Waals surface area contributed by atoms with Crippen molar-refractivity contribution in [2.45, 2.75) is 6.42 Å². The molecule has 0 fully saturated rings. The van der Waals surface area contributed by atoms with Gasteiger partial charge in [0.1, 0.15) is 0 Å². The molecule has 1 aromatic heterocycles. The van der Waals surface area contributed by atoms with Crippen LogP contribution in [0.3, 0.4) is 0 Å². The van der Waals surface area contributed by atoms with Gasteiger partial charge in [0.05, 0.1) is 10.5 Å². The van der Waals surface area contributed by atoms with Crippen LogP contribution in [-0.4, -0.2) is 11.5 Å². The highest BCUT2D eigenvalue weighted by Gasteiger charge is 2.05. The fourth-order valence-corrected chi connectivity index (χ4v) is 2.07. The molecule has 2 rings (SSSR count). The summed E-state index contributed by atoms with van der Waals surface area (Å²) >= 11 is 11.9. The Balaban J connectivity index is 2.58. The quantitative estimate of drug-likeness (QED) is 0.816. The number of aromatic amines is 1. The Hall–Kier alpha value is -0.700. The molecule has 2 aromatic rings. The molecule has 0 unspecified atom stereocenters. The largest absolute Gasteiger partial charge is 0.357 e. The van der Waals surface area contributed by atoms with E-state index in [1.165, 1.54) is 0 Å². The van der Waals surface area contributed by atoms with E-state index in [9.17, 15) is 0 Å². The number of hydrogen-bond donors (Lipinski definition) is 2.